The number of rotatable bonds is 13. The van der Waals surface area contributed by atoms with Gasteiger partial charge in [-0.05, 0) is 66.6 Å². The number of nitrogens with zero attached hydrogens (tertiary/aromatic N) is 5. The number of aliphatic carboxylic acids is 1. The third-order valence-corrected chi connectivity index (χ3v) is 7.99. The maximum absolute atomic E-state index is 12.3. The van der Waals surface area contributed by atoms with E-state index in [0.717, 1.165) is 18.2 Å². The third-order valence-electron chi connectivity index (χ3n) is 6.12. The molecule has 0 bridgehead atoms. The van der Waals surface area contributed by atoms with E-state index in [9.17, 15) is 35.8 Å². The normalized spacial score (nSPS) is 12.3. The van der Waals surface area contributed by atoms with Crippen LogP contribution in [-0.4, -0.2) is 129 Å². The second-order valence-electron chi connectivity index (χ2n) is 9.37. The summed E-state index contributed by atoms with van der Waals surface area (Å²) in [6.45, 7) is 0.294. The molecule has 0 aliphatic carbocycles. The minimum atomic E-state index is -5.05. The number of carboxylic acids is 1. The fourth-order valence-electron chi connectivity index (χ4n) is 4.02. The summed E-state index contributed by atoms with van der Waals surface area (Å²) >= 11 is 6.05. The Morgan fingerprint density at radius 2 is 1.60 bits per heavy atom. The molecule has 0 amide bonds. The number of carbonyl (C=O) groups is 1. The molecule has 242 valence electrons. The summed E-state index contributed by atoms with van der Waals surface area (Å²) in [6, 6.07) is 9.68. The van der Waals surface area contributed by atoms with Crippen LogP contribution in [0.1, 0.15) is 19.3 Å². The summed E-state index contributed by atoms with van der Waals surface area (Å²) in [4.78, 5) is 21.3. The van der Waals surface area contributed by atoms with E-state index in [1.54, 1.807) is 30.3 Å². The van der Waals surface area contributed by atoms with Crippen molar-refractivity contribution in [3.63, 3.8) is 0 Å². The summed E-state index contributed by atoms with van der Waals surface area (Å²) in [6.07, 6.45) is 1.22. The van der Waals surface area contributed by atoms with Gasteiger partial charge in [-0.3, -0.25) is 13.9 Å². The number of azo groups is 1. The second kappa shape index (κ2) is 17.2. The first-order chi connectivity index (χ1) is 21.1. The molecule has 1 unspecified atom stereocenters. The molecule has 0 saturated heterocycles. The number of benzene rings is 3. The molecule has 1 heterocycles. The molecule has 1 aromatic heterocycles. The van der Waals surface area contributed by atoms with Crippen molar-refractivity contribution in [2.45, 2.75) is 35.1 Å². The average molecular weight is 729 g/mol. The Bertz CT molecular complexity index is 2010. The third kappa shape index (κ3) is 11.0. The summed E-state index contributed by atoms with van der Waals surface area (Å²) in [5.74, 6) is -2.22. The fourth-order valence-corrected chi connectivity index (χ4v) is 5.38. The molecule has 4 aromatic rings. The number of halogens is 1. The van der Waals surface area contributed by atoms with Gasteiger partial charge >= 0.3 is 65.1 Å². The summed E-state index contributed by atoms with van der Waals surface area (Å²) in [5.41, 5.74) is 4.86. The van der Waals surface area contributed by atoms with Crippen LogP contribution < -0.4 is 16.4 Å². The Kier molecular flexibility index (Phi) is 14.9. The number of unbranched alkanes of at least 4 members (excludes halogenated alkanes) is 1. The Morgan fingerprint density at radius 1 is 0.936 bits per heavy atom. The second-order valence-corrected chi connectivity index (χ2v) is 12.5. The molecule has 1 atom stereocenters. The molecule has 8 N–H and O–H groups in total. The molecular weight excluding hydrogens is 702 g/mol. The van der Waals surface area contributed by atoms with Crippen molar-refractivity contribution in [1.29, 1.82) is 0 Å². The van der Waals surface area contributed by atoms with Crippen LogP contribution in [0.3, 0.4) is 0 Å². The number of nitrogens with two attached hydrogens (primary N) is 1. The fraction of sp³-hybridized carbons (Fsp3) is 0.200. The van der Waals surface area contributed by atoms with Gasteiger partial charge < -0.3 is 26.6 Å². The van der Waals surface area contributed by atoms with Crippen LogP contribution in [0.2, 0.25) is 5.28 Å². The van der Waals surface area contributed by atoms with Gasteiger partial charge in [-0.2, -0.15) is 36.9 Å². The number of hydrogen-bond acceptors (Lipinski definition) is 14. The SMILES string of the molecule is NC(CCCCNc1nc(Cl)nc(Nc2cc(S(=O)(=O)O)cc3cc(S(=O)(=O)O)c(/N=N/c4ccccc4)c(O)c23)n1)C(=O)O.[NaH].[NaH]. The van der Waals surface area contributed by atoms with E-state index in [4.69, 9.17) is 22.4 Å². The van der Waals surface area contributed by atoms with Crippen molar-refractivity contribution in [3.05, 3.63) is 53.8 Å². The van der Waals surface area contributed by atoms with Crippen molar-refractivity contribution in [3.8, 4) is 5.75 Å². The van der Waals surface area contributed by atoms with Gasteiger partial charge in [0.15, 0.2) is 5.75 Å². The number of aromatic nitrogens is 3. The first-order valence-corrected chi connectivity index (χ1v) is 16.1. The molecule has 47 heavy (non-hydrogen) atoms. The number of phenols is 1. The maximum atomic E-state index is 12.3. The topological polar surface area (TPSA) is 280 Å². The Hall–Kier alpha value is -2.53. The zero-order chi connectivity index (χ0) is 32.9. The van der Waals surface area contributed by atoms with Crippen LogP contribution in [0.4, 0.5) is 29.0 Å². The van der Waals surface area contributed by atoms with E-state index in [0.29, 0.717) is 19.4 Å². The zero-order valence-corrected chi connectivity index (χ0v) is 25.3. The molecule has 0 aliphatic heterocycles. The number of anilines is 3. The molecule has 22 heteroatoms. The Morgan fingerprint density at radius 3 is 2.21 bits per heavy atom. The van der Waals surface area contributed by atoms with Gasteiger partial charge in [0.1, 0.15) is 16.6 Å². The van der Waals surface area contributed by atoms with Gasteiger partial charge in [0.2, 0.25) is 17.2 Å². The first kappa shape index (κ1) is 40.6. The average Bonchev–Trinajstić information content (AvgIpc) is 2.95. The van der Waals surface area contributed by atoms with Gasteiger partial charge in [-0.25, -0.2) is 0 Å². The van der Waals surface area contributed by atoms with Crippen LogP contribution in [0.25, 0.3) is 10.8 Å². The van der Waals surface area contributed by atoms with Gasteiger partial charge in [-0.1, -0.05) is 18.2 Å². The van der Waals surface area contributed by atoms with Gasteiger partial charge in [0, 0.05) is 11.9 Å². The molecular formula is C25H27ClN8Na2O9S2. The quantitative estimate of drug-likeness (QED) is 0.0451. The molecule has 0 radical (unpaired) electrons. The summed E-state index contributed by atoms with van der Waals surface area (Å²) in [7, 11) is -9.93. The van der Waals surface area contributed by atoms with Gasteiger partial charge in [-0.15, -0.1) is 5.11 Å². The van der Waals surface area contributed by atoms with Gasteiger partial charge in [0.05, 0.1) is 16.3 Å². The van der Waals surface area contributed by atoms with Crippen LogP contribution in [0.15, 0.2) is 68.6 Å². The van der Waals surface area contributed by atoms with E-state index in [2.05, 4.69) is 35.8 Å². The monoisotopic (exact) mass is 728 g/mol. The number of aromatic hydroxyl groups is 1. The molecule has 0 aliphatic rings. The van der Waals surface area contributed by atoms with Gasteiger partial charge in [0.25, 0.3) is 20.2 Å². The summed E-state index contributed by atoms with van der Waals surface area (Å²) in [5, 5.41) is 32.7. The first-order valence-electron chi connectivity index (χ1n) is 12.8. The number of hydrogen-bond donors (Lipinski definition) is 7. The van der Waals surface area contributed by atoms with Crippen LogP contribution in [0.5, 0.6) is 5.75 Å². The Balaban J connectivity index is 0.00000384. The molecule has 0 saturated carbocycles. The molecule has 3 aromatic carbocycles. The predicted octanol–water partition coefficient (Wildman–Crippen LogP) is 2.73. The van der Waals surface area contributed by atoms with E-state index in [1.165, 1.54) is 0 Å². The molecule has 0 fully saturated rings. The van der Waals surface area contributed by atoms with Crippen molar-refractivity contribution in [2.24, 2.45) is 16.0 Å². The molecule has 17 nitrogen and oxygen atoms in total. The zero-order valence-electron chi connectivity index (χ0n) is 22.9. The van der Waals surface area contributed by atoms with E-state index < -0.39 is 53.5 Å². The predicted molar refractivity (Wildman–Crippen MR) is 176 cm³/mol. The number of nitrogens with one attached hydrogen (secondary N) is 2. The number of phenolic OH excluding ortho intramolecular Hbond substituents is 1. The van der Waals surface area contributed by atoms with Crippen LogP contribution >= 0.6 is 11.6 Å². The minimum absolute atomic E-state index is 0. The van der Waals surface area contributed by atoms with E-state index in [1.807, 2.05) is 0 Å². The van der Waals surface area contributed by atoms with E-state index >= 15 is 0 Å². The summed E-state index contributed by atoms with van der Waals surface area (Å²) < 4.78 is 68.4. The van der Waals surface area contributed by atoms with Crippen LogP contribution in [-0.2, 0) is 25.0 Å². The van der Waals surface area contributed by atoms with Crippen molar-refractivity contribution in [1.82, 2.24) is 15.0 Å². The molecule has 4 rings (SSSR count). The van der Waals surface area contributed by atoms with Crippen LogP contribution in [0, 0.1) is 0 Å². The van der Waals surface area contributed by atoms with Crippen molar-refractivity contribution >= 4 is 137 Å². The van der Waals surface area contributed by atoms with Crippen molar-refractivity contribution < 1.29 is 40.9 Å². The standard InChI is InChI=1S/C25H25ClN8O9S2.2Na.2H/c26-23-30-24(28-9-5-4-8-16(27)22(36)37)32-25(31-23)29-17-12-15(44(38,39)40)10-13-11-18(45(41,42)43)20(21(35)19(13)17)34-33-14-6-2-1-3-7-14;;;;/h1-3,6-7,10-12,16,35H,4-5,8-9,27H2,(H,36,37)(H,38,39,40)(H,41,42,43)(H2,28,29,30,31,32);;;;/b34-33+;;;;. The van der Waals surface area contributed by atoms with Crippen molar-refractivity contribution in [2.75, 3.05) is 17.2 Å². The Labute approximate surface area is 317 Å². The molecule has 0 spiro atoms. The van der Waals surface area contributed by atoms with E-state index in [-0.39, 0.29) is 105 Å². The number of fused-ring (bicyclic) bond motifs is 1. The number of carboxylic acid groups (broad SMARTS) is 1.